The Labute approximate surface area is 368 Å². The fourth-order valence-electron chi connectivity index (χ4n) is 6.32. The van der Waals surface area contributed by atoms with Crippen molar-refractivity contribution in [3.63, 3.8) is 0 Å². The number of carboxylic acids is 1. The van der Waals surface area contributed by atoms with Crippen LogP contribution in [0.4, 0.5) is 22.7 Å². The fourth-order valence-corrected chi connectivity index (χ4v) is 6.32. The first-order valence-electron chi connectivity index (χ1n) is 19.0. The highest BCUT2D eigenvalue weighted by Crippen LogP contribution is 2.27. The van der Waals surface area contributed by atoms with Crippen LogP contribution in [0.3, 0.4) is 0 Å². The smallest absolute Gasteiger partial charge is 0.335 e. The summed E-state index contributed by atoms with van der Waals surface area (Å²) in [6.07, 6.45) is -0.936. The second-order valence-corrected chi connectivity index (χ2v) is 14.1. The van der Waals surface area contributed by atoms with E-state index >= 15 is 0 Å². The predicted octanol–water partition coefficient (Wildman–Crippen LogP) is 3.35. The zero-order valence-corrected chi connectivity index (χ0v) is 33.6. The fraction of sp³-hybridized carbons (Fsp3) is 0.200. The Hall–Kier alpha value is -9.20. The van der Waals surface area contributed by atoms with Crippen molar-refractivity contribution in [2.45, 2.75) is 50.6 Å². The predicted molar refractivity (Wildman–Crippen MR) is 217 cm³/mol. The molecule has 26 nitrogen and oxygen atoms in total. The number of aliphatic carboxylic acids is 1. The van der Waals surface area contributed by atoms with Crippen molar-refractivity contribution in [2.75, 3.05) is 0 Å². The molecule has 6 rings (SSSR count). The van der Waals surface area contributed by atoms with Crippen molar-refractivity contribution in [3.05, 3.63) is 159 Å². The number of nitro groups is 4. The van der Waals surface area contributed by atoms with Crippen molar-refractivity contribution in [1.29, 1.82) is 0 Å². The number of hydrogen-bond donors (Lipinski definition) is 3. The number of carboxylic acid groups (broad SMARTS) is 1. The highest BCUT2D eigenvalue weighted by atomic mass is 16.7. The van der Waals surface area contributed by atoms with Gasteiger partial charge < -0.3 is 15.3 Å². The van der Waals surface area contributed by atoms with Gasteiger partial charge in [0.2, 0.25) is 11.8 Å². The molecule has 4 aromatic rings. The first kappa shape index (κ1) is 47.8. The number of non-ortho nitro benzene ring substituents is 4. The number of benzene rings is 4. The standard InChI is InChI=1S/2C20H16N4O9/c25-17-4-5-18(26)22(17)21-16(20(28)29)7-11-2-1-3-12(6-11)19(27)13-8-14(23(30)31)10-15(9-13)24(32)33;25-17-6-7-18(26)22(17)33-19(27)11-16(12-4-2-1-3-5-12)21-20(28)13-8-14(23(29)30)10-15(9-13)24(31)32/h1-3,6,8-10,16,21H,4-5,7H2,(H,28,29);1-5,8-10,16H,6-7,11H2,(H,21,28)/t2*16-/m00/s1. The summed E-state index contributed by atoms with van der Waals surface area (Å²) in [5, 5.41) is 57.3. The lowest BCUT2D eigenvalue weighted by Crippen LogP contribution is -2.51. The number of hydrogen-bond acceptors (Lipinski definition) is 18. The molecule has 0 aromatic heterocycles. The SMILES string of the molecule is O=C(C[C@H](NC(=O)c1cc([N+](=O)[O-])cc([N+](=O)[O-])c1)c1ccccc1)ON1C(=O)CCC1=O.O=C(c1cccc(C[C@H](NN2C(=O)CCC2=O)C(=O)O)c1)c1cc([N+](=O)[O-])cc([N+](=O)[O-])c1. The lowest BCUT2D eigenvalue weighted by molar-refractivity contribution is -0.394. The Morgan fingerprint density at radius 2 is 1.11 bits per heavy atom. The number of hydroxylamine groups is 2. The molecule has 2 aliphatic heterocycles. The maximum Gasteiger partial charge on any atom is 0.335 e. The van der Waals surface area contributed by atoms with Gasteiger partial charge in [0.05, 0.1) is 49.9 Å². The molecule has 2 atom stereocenters. The molecule has 4 aromatic carbocycles. The Morgan fingerprint density at radius 3 is 1.59 bits per heavy atom. The van der Waals surface area contributed by atoms with E-state index in [1.54, 1.807) is 30.3 Å². The molecule has 3 N–H and O–H groups in total. The van der Waals surface area contributed by atoms with Gasteiger partial charge in [0.25, 0.3) is 40.5 Å². The van der Waals surface area contributed by atoms with Crippen LogP contribution in [0.15, 0.2) is 91.0 Å². The number of nitrogens with one attached hydrogen (secondary N) is 2. The molecule has 0 spiro atoms. The van der Waals surface area contributed by atoms with Gasteiger partial charge in [-0.25, -0.2) is 15.2 Å². The molecule has 2 saturated heterocycles. The van der Waals surface area contributed by atoms with Crippen molar-refractivity contribution in [3.8, 4) is 0 Å². The maximum atomic E-state index is 12.9. The van der Waals surface area contributed by atoms with Gasteiger partial charge in [-0.2, -0.15) is 0 Å². The van der Waals surface area contributed by atoms with Crippen LogP contribution in [-0.4, -0.2) is 88.2 Å². The first-order valence-corrected chi connectivity index (χ1v) is 19.0. The lowest BCUT2D eigenvalue weighted by atomic mass is 9.98. The van der Waals surface area contributed by atoms with Gasteiger partial charge in [-0.15, -0.1) is 5.06 Å². The number of carbonyl (C=O) groups is 8. The third-order valence-electron chi connectivity index (χ3n) is 9.51. The Kier molecular flexibility index (Phi) is 15.1. The molecule has 0 saturated carbocycles. The zero-order chi connectivity index (χ0) is 48.4. The summed E-state index contributed by atoms with van der Waals surface area (Å²) in [6, 6.07) is 16.4. The van der Waals surface area contributed by atoms with E-state index in [4.69, 9.17) is 4.84 Å². The number of amides is 5. The minimum absolute atomic E-state index is 0.0137. The number of nitrogens with zero attached hydrogens (tertiary/aromatic N) is 6. The molecule has 2 heterocycles. The summed E-state index contributed by atoms with van der Waals surface area (Å²) in [5.41, 5.74) is -0.0235. The van der Waals surface area contributed by atoms with Gasteiger partial charge in [0.15, 0.2) is 5.78 Å². The molecule has 2 fully saturated rings. The van der Waals surface area contributed by atoms with Gasteiger partial charge in [-0.1, -0.05) is 48.5 Å². The normalized spacial score (nSPS) is 14.1. The summed E-state index contributed by atoms with van der Waals surface area (Å²) in [7, 11) is 0. The number of hydrazine groups is 1. The zero-order valence-electron chi connectivity index (χ0n) is 33.6. The first-order chi connectivity index (χ1) is 31.2. The molecule has 340 valence electrons. The van der Waals surface area contributed by atoms with E-state index in [9.17, 15) is 83.9 Å². The monoisotopic (exact) mass is 912 g/mol. The number of rotatable bonds is 17. The van der Waals surface area contributed by atoms with Crippen molar-refractivity contribution in [1.82, 2.24) is 20.8 Å². The molecular weight excluding hydrogens is 880 g/mol. The van der Waals surface area contributed by atoms with Crippen molar-refractivity contribution < 1.29 is 68.0 Å². The number of ketones is 1. The Morgan fingerprint density at radius 1 is 0.621 bits per heavy atom. The summed E-state index contributed by atoms with van der Waals surface area (Å²) in [4.78, 5) is 142. The van der Waals surface area contributed by atoms with Crippen LogP contribution in [0.25, 0.3) is 0 Å². The molecule has 0 unspecified atom stereocenters. The molecule has 0 aliphatic carbocycles. The Bertz CT molecular complexity index is 2610. The summed E-state index contributed by atoms with van der Waals surface area (Å²) in [5.74, 6) is -6.43. The molecule has 0 bridgehead atoms. The summed E-state index contributed by atoms with van der Waals surface area (Å²) < 4.78 is 0. The quantitative estimate of drug-likeness (QED) is 0.0591. The van der Waals surface area contributed by atoms with E-state index in [0.717, 1.165) is 30.3 Å². The largest absolute Gasteiger partial charge is 0.480 e. The number of nitro benzene ring substituents is 4. The minimum Gasteiger partial charge on any atom is -0.480 e. The van der Waals surface area contributed by atoms with Gasteiger partial charge in [0, 0.05) is 67.5 Å². The van der Waals surface area contributed by atoms with Crippen LogP contribution in [0, 0.1) is 40.5 Å². The average molecular weight is 913 g/mol. The molecular formula is C40H32N8O18. The number of imide groups is 2. The van der Waals surface area contributed by atoms with Crippen LogP contribution in [0.1, 0.15) is 75.6 Å². The third-order valence-corrected chi connectivity index (χ3v) is 9.51. The molecule has 26 heteroatoms. The van der Waals surface area contributed by atoms with Gasteiger partial charge in [-0.05, 0) is 17.2 Å². The maximum absolute atomic E-state index is 12.9. The number of carbonyl (C=O) groups excluding carboxylic acids is 7. The van der Waals surface area contributed by atoms with Gasteiger partial charge >= 0.3 is 11.9 Å². The van der Waals surface area contributed by atoms with Gasteiger partial charge in [0.1, 0.15) is 6.04 Å². The minimum atomic E-state index is -1.36. The Balaban J connectivity index is 0.000000247. The highest BCUT2D eigenvalue weighted by Gasteiger charge is 2.35. The van der Waals surface area contributed by atoms with Crippen LogP contribution >= 0.6 is 0 Å². The van der Waals surface area contributed by atoms with E-state index in [1.807, 2.05) is 0 Å². The van der Waals surface area contributed by atoms with E-state index in [-0.39, 0.29) is 48.8 Å². The van der Waals surface area contributed by atoms with E-state index in [0.29, 0.717) is 27.3 Å². The van der Waals surface area contributed by atoms with Crippen molar-refractivity contribution >= 4 is 70.0 Å². The second kappa shape index (κ2) is 20.8. The molecule has 2 aliphatic rings. The summed E-state index contributed by atoms with van der Waals surface area (Å²) >= 11 is 0. The van der Waals surface area contributed by atoms with Crippen LogP contribution in [0.5, 0.6) is 0 Å². The van der Waals surface area contributed by atoms with Crippen LogP contribution < -0.4 is 10.7 Å². The average Bonchev–Trinajstić information content (AvgIpc) is 3.78. The second-order valence-electron chi connectivity index (χ2n) is 14.1. The van der Waals surface area contributed by atoms with Crippen LogP contribution in [0.2, 0.25) is 0 Å². The molecule has 5 amide bonds. The molecule has 66 heavy (non-hydrogen) atoms. The lowest BCUT2D eigenvalue weighted by Gasteiger charge is -2.21. The van der Waals surface area contributed by atoms with E-state index < -0.39 is 108 Å². The van der Waals surface area contributed by atoms with Crippen molar-refractivity contribution in [2.24, 2.45) is 0 Å². The van der Waals surface area contributed by atoms with Gasteiger partial charge in [-0.3, -0.25) is 74.0 Å². The summed E-state index contributed by atoms with van der Waals surface area (Å²) in [6.45, 7) is 0. The van der Waals surface area contributed by atoms with Crippen LogP contribution in [-0.2, 0) is 40.0 Å². The topological polar surface area (TPSA) is 369 Å². The van der Waals surface area contributed by atoms with E-state index in [1.165, 1.54) is 24.3 Å². The van der Waals surface area contributed by atoms with E-state index in [2.05, 4.69) is 10.7 Å². The third kappa shape index (κ3) is 12.0. The highest BCUT2D eigenvalue weighted by molar-refractivity contribution is 6.10. The molecule has 0 radical (unpaired) electrons.